The largest absolute Gasteiger partial charge is 0.421 e. The van der Waals surface area contributed by atoms with Crippen molar-refractivity contribution in [3.05, 3.63) is 53.0 Å². The van der Waals surface area contributed by atoms with E-state index in [4.69, 9.17) is 12.2 Å². The van der Waals surface area contributed by atoms with Crippen molar-refractivity contribution in [2.45, 2.75) is 45.0 Å². The van der Waals surface area contributed by atoms with Gasteiger partial charge in [-0.25, -0.2) is 8.42 Å². The molecule has 1 aromatic rings. The van der Waals surface area contributed by atoms with Crippen molar-refractivity contribution in [3.63, 3.8) is 0 Å². The Hall–Kier alpha value is -1.88. The first kappa shape index (κ1) is 33.6. The first-order chi connectivity index (χ1) is 18.8. The minimum absolute atomic E-state index is 0.0286. The summed E-state index contributed by atoms with van der Waals surface area (Å²) >= 11 is 5.31. The van der Waals surface area contributed by atoms with E-state index in [1.807, 2.05) is 13.8 Å². The molecule has 0 aromatic heterocycles. The van der Waals surface area contributed by atoms with Crippen LogP contribution in [0.3, 0.4) is 0 Å². The van der Waals surface area contributed by atoms with Gasteiger partial charge in [0.1, 0.15) is 0 Å². The number of halogens is 3. The summed E-state index contributed by atoms with van der Waals surface area (Å²) in [6.45, 7) is 4.61. The lowest BCUT2D eigenvalue weighted by Gasteiger charge is -2.44. The van der Waals surface area contributed by atoms with Crippen molar-refractivity contribution in [2.75, 3.05) is 51.7 Å². The van der Waals surface area contributed by atoms with E-state index in [1.165, 1.54) is 53.0 Å². The fraction of sp³-hybridized carbons (Fsp3) is 0.577. The van der Waals surface area contributed by atoms with Gasteiger partial charge in [-0.15, -0.1) is 0 Å². The lowest BCUT2D eigenvalue weighted by atomic mass is 9.95. The minimum Gasteiger partial charge on any atom is -0.376 e. The van der Waals surface area contributed by atoms with Gasteiger partial charge in [-0.2, -0.15) is 34.5 Å². The van der Waals surface area contributed by atoms with Crippen LogP contribution in [0.4, 0.5) is 18.9 Å². The molecule has 0 spiro atoms. The van der Waals surface area contributed by atoms with Gasteiger partial charge in [-0.3, -0.25) is 0 Å². The molecule has 1 saturated heterocycles. The van der Waals surface area contributed by atoms with Crippen molar-refractivity contribution >= 4 is 43.0 Å². The first-order valence-electron chi connectivity index (χ1n) is 13.0. The monoisotopic (exact) mass is 638 g/mol. The average molecular weight is 639 g/mol. The van der Waals surface area contributed by atoms with Crippen LogP contribution >= 0.6 is 12.2 Å². The molecule has 0 saturated carbocycles. The minimum atomic E-state index is -4.89. The van der Waals surface area contributed by atoms with Gasteiger partial charge in [0.05, 0.1) is 10.9 Å². The molecule has 0 amide bonds. The second kappa shape index (κ2) is 12.4. The summed E-state index contributed by atoms with van der Waals surface area (Å²) in [5, 5.41) is 10.1. The number of nitrogens with zero attached hydrogens (tertiary/aromatic N) is 4. The zero-order valence-electron chi connectivity index (χ0n) is 23.7. The Bertz CT molecular complexity index is 1390. The molecule has 2 aliphatic rings. The number of rotatable bonds is 10. The summed E-state index contributed by atoms with van der Waals surface area (Å²) in [5.41, 5.74) is -2.95. The predicted molar refractivity (Wildman–Crippen MR) is 157 cm³/mol. The van der Waals surface area contributed by atoms with Crippen LogP contribution < -0.4 is 4.90 Å². The Labute approximate surface area is 246 Å². The maximum Gasteiger partial charge on any atom is 0.421 e. The summed E-state index contributed by atoms with van der Waals surface area (Å²) in [5.74, 6) is -0.0398. The number of thiocarbonyl (C=S) groups is 1. The molecule has 1 aliphatic heterocycles. The Morgan fingerprint density at radius 3 is 2.22 bits per heavy atom. The van der Waals surface area contributed by atoms with Crippen molar-refractivity contribution < 1.29 is 35.1 Å². The fourth-order valence-corrected chi connectivity index (χ4v) is 8.09. The number of sulfonamides is 1. The van der Waals surface area contributed by atoms with E-state index < -0.39 is 38.1 Å². The van der Waals surface area contributed by atoms with E-state index in [9.17, 15) is 35.1 Å². The van der Waals surface area contributed by atoms with Crippen LogP contribution in [0.5, 0.6) is 0 Å². The SMILES string of the molecule is CC(C)CN(C[C@H]1CN(S(=O)(=O)C2=CC=CCC2=S)CCN1c1ccc(C(C)(O)C(F)(F)F)cc1)S(=O)(=O)N(C)C. The Kier molecular flexibility index (Phi) is 10.2. The molecular formula is C26H37F3N4O5S3. The van der Waals surface area contributed by atoms with Crippen molar-refractivity contribution in [2.24, 2.45) is 5.92 Å². The summed E-state index contributed by atoms with van der Waals surface area (Å²) in [6.07, 6.45) is 0.272. The van der Waals surface area contributed by atoms with E-state index in [0.717, 1.165) is 4.31 Å². The van der Waals surface area contributed by atoms with Gasteiger partial charge in [-0.05, 0) is 36.6 Å². The van der Waals surface area contributed by atoms with Crippen LogP contribution in [0.15, 0.2) is 47.4 Å². The molecule has 0 bridgehead atoms. The molecule has 9 nitrogen and oxygen atoms in total. The molecule has 1 aliphatic carbocycles. The van der Waals surface area contributed by atoms with Crippen molar-refractivity contribution in [3.8, 4) is 0 Å². The van der Waals surface area contributed by atoms with Gasteiger partial charge >= 0.3 is 6.18 Å². The molecule has 1 fully saturated rings. The third-order valence-corrected chi connectivity index (χ3v) is 11.4. The van der Waals surface area contributed by atoms with E-state index in [0.29, 0.717) is 19.0 Å². The molecule has 1 N–H and O–H groups in total. The number of anilines is 1. The summed E-state index contributed by atoms with van der Waals surface area (Å²) in [7, 11) is -5.06. The van der Waals surface area contributed by atoms with Gasteiger partial charge < -0.3 is 10.0 Å². The number of allylic oxidation sites excluding steroid dienone is 4. The summed E-state index contributed by atoms with van der Waals surface area (Å²) in [4.78, 5) is 2.11. The van der Waals surface area contributed by atoms with Crippen LogP contribution in [0, 0.1) is 5.92 Å². The highest BCUT2D eigenvalue weighted by molar-refractivity contribution is 7.96. The van der Waals surface area contributed by atoms with Crippen LogP contribution in [-0.4, -0.2) is 98.8 Å². The lowest BCUT2D eigenvalue weighted by molar-refractivity contribution is -0.258. The van der Waals surface area contributed by atoms with Gasteiger partial charge in [0.25, 0.3) is 10.2 Å². The standard InChI is InChI=1S/C26H37F3N4O5S3/c1-19(2)16-32(41(37,38)30(4)5)18-22-17-31(40(35,36)24-9-7-6-8-23(24)39)14-15-33(22)21-12-10-20(11-13-21)25(3,34)26(27,28)29/h6-7,9-13,19,22,34H,8,14-18H2,1-5H3/t22-,25?/m1/s1. The topological polar surface area (TPSA) is 101 Å². The number of alkyl halides is 3. The van der Waals surface area contributed by atoms with Gasteiger partial charge in [-0.1, -0.05) is 50.4 Å². The molecule has 0 radical (unpaired) electrons. The molecule has 3 rings (SSSR count). The molecule has 2 atom stereocenters. The molecule has 1 aromatic carbocycles. The Morgan fingerprint density at radius 1 is 1.10 bits per heavy atom. The van der Waals surface area contributed by atoms with Crippen molar-refractivity contribution in [1.82, 2.24) is 12.9 Å². The number of aliphatic hydroxyl groups is 1. The van der Waals surface area contributed by atoms with Crippen molar-refractivity contribution in [1.29, 1.82) is 0 Å². The zero-order valence-corrected chi connectivity index (χ0v) is 26.1. The average Bonchev–Trinajstić information content (AvgIpc) is 2.87. The Morgan fingerprint density at radius 2 is 1.71 bits per heavy atom. The molecular weight excluding hydrogens is 602 g/mol. The quantitative estimate of drug-likeness (QED) is 0.393. The number of hydrogen-bond donors (Lipinski definition) is 1. The maximum atomic E-state index is 13.6. The molecule has 41 heavy (non-hydrogen) atoms. The van der Waals surface area contributed by atoms with E-state index in [1.54, 1.807) is 17.1 Å². The Balaban J connectivity index is 2.02. The van der Waals surface area contributed by atoms with E-state index in [2.05, 4.69) is 0 Å². The van der Waals surface area contributed by atoms with E-state index in [-0.39, 0.29) is 54.0 Å². The second-order valence-corrected chi connectivity index (χ2v) is 15.5. The van der Waals surface area contributed by atoms with Crippen LogP contribution in [-0.2, 0) is 25.8 Å². The molecule has 1 heterocycles. The highest BCUT2D eigenvalue weighted by Crippen LogP contribution is 2.39. The summed E-state index contributed by atoms with van der Waals surface area (Å²) in [6, 6.07) is 4.49. The fourth-order valence-electron chi connectivity index (χ4n) is 4.71. The number of benzene rings is 1. The molecule has 1 unspecified atom stereocenters. The predicted octanol–water partition coefficient (Wildman–Crippen LogP) is 3.25. The van der Waals surface area contributed by atoms with Crippen LogP contribution in [0.25, 0.3) is 0 Å². The normalized spacial score (nSPS) is 21.1. The maximum absolute atomic E-state index is 13.6. The van der Waals surface area contributed by atoms with Gasteiger partial charge in [0.2, 0.25) is 10.0 Å². The first-order valence-corrected chi connectivity index (χ1v) is 16.3. The zero-order chi connectivity index (χ0) is 31.0. The highest BCUT2D eigenvalue weighted by Gasteiger charge is 2.51. The lowest BCUT2D eigenvalue weighted by Crippen LogP contribution is -2.60. The van der Waals surface area contributed by atoms with Crippen LogP contribution in [0.1, 0.15) is 32.8 Å². The summed E-state index contributed by atoms with van der Waals surface area (Å²) < 4.78 is 97.5. The van der Waals surface area contributed by atoms with Crippen LogP contribution in [0.2, 0.25) is 0 Å². The van der Waals surface area contributed by atoms with Gasteiger partial charge in [0, 0.05) is 63.8 Å². The van der Waals surface area contributed by atoms with E-state index >= 15 is 0 Å². The number of piperazine rings is 1. The second-order valence-electron chi connectivity index (χ2n) is 10.9. The smallest absolute Gasteiger partial charge is 0.376 e. The molecule has 15 heteroatoms. The highest BCUT2D eigenvalue weighted by atomic mass is 32.2. The molecule has 230 valence electrons. The van der Waals surface area contributed by atoms with Gasteiger partial charge in [0.15, 0.2) is 5.60 Å². The number of hydrogen-bond acceptors (Lipinski definition) is 7. The third-order valence-electron chi connectivity index (χ3n) is 7.11. The third kappa shape index (κ3) is 7.20.